The Morgan fingerprint density at radius 3 is 2.77 bits per heavy atom. The number of halogens is 1. The quantitative estimate of drug-likeness (QED) is 0.481. The second-order valence-electron chi connectivity index (χ2n) is 9.01. The molecule has 1 N–H and O–H groups in total. The number of nitrogens with one attached hydrogen (secondary N) is 1. The van der Waals surface area contributed by atoms with Crippen LogP contribution in [0.25, 0.3) is 5.00 Å². The highest BCUT2D eigenvalue weighted by Crippen LogP contribution is 2.44. The van der Waals surface area contributed by atoms with Crippen LogP contribution in [0.5, 0.6) is 0 Å². The van der Waals surface area contributed by atoms with Crippen molar-refractivity contribution in [2.24, 2.45) is 5.92 Å². The lowest BCUT2D eigenvalue weighted by atomic mass is 9.94. The van der Waals surface area contributed by atoms with Gasteiger partial charge in [-0.05, 0) is 73.9 Å². The molecule has 2 aromatic heterocycles. The number of urea groups is 1. The molecule has 2 aliphatic rings. The summed E-state index contributed by atoms with van der Waals surface area (Å²) in [5.41, 5.74) is 4.92. The number of fused-ring (bicyclic) bond motifs is 5. The van der Waals surface area contributed by atoms with Gasteiger partial charge in [0.1, 0.15) is 10.8 Å². The van der Waals surface area contributed by atoms with Gasteiger partial charge in [-0.1, -0.05) is 19.9 Å². The van der Waals surface area contributed by atoms with Crippen LogP contribution in [0, 0.1) is 18.7 Å². The van der Waals surface area contributed by atoms with Crippen molar-refractivity contribution in [1.29, 1.82) is 0 Å². The Bertz CT molecular complexity index is 1150. The van der Waals surface area contributed by atoms with Crippen LogP contribution >= 0.6 is 11.3 Å². The van der Waals surface area contributed by atoms with Crippen molar-refractivity contribution >= 4 is 23.1 Å². The summed E-state index contributed by atoms with van der Waals surface area (Å²) in [6.07, 6.45) is 6.79. The molecule has 5 rings (SSSR count). The van der Waals surface area contributed by atoms with Gasteiger partial charge in [0.05, 0.1) is 12.6 Å². The molecular weight excluding hydrogens is 409 g/mol. The standard InChI is InChI=1S/C25H28FN3OS/c1-15(2)23-21-8-6-12-28(21)24-19(18-7-4-5-9-22(18)31-24)14-29(23)25(30)27-17-11-10-16(3)20(26)13-17/h6,8,10-13,15,23H,4-5,7,9,14H2,1-3H3,(H,27,30). The third-order valence-corrected chi connectivity index (χ3v) is 7.87. The normalized spacial score (nSPS) is 17.7. The molecule has 6 heteroatoms. The van der Waals surface area contributed by atoms with E-state index >= 15 is 0 Å². The van der Waals surface area contributed by atoms with Gasteiger partial charge in [0.15, 0.2) is 0 Å². The first-order valence-corrected chi connectivity index (χ1v) is 11.9. The summed E-state index contributed by atoms with van der Waals surface area (Å²) < 4.78 is 16.4. The van der Waals surface area contributed by atoms with Gasteiger partial charge in [-0.2, -0.15) is 0 Å². The van der Waals surface area contributed by atoms with Gasteiger partial charge in [0.25, 0.3) is 0 Å². The molecule has 0 fully saturated rings. The molecule has 0 saturated carbocycles. The number of hydrogen-bond donors (Lipinski definition) is 1. The molecule has 0 saturated heterocycles. The molecule has 3 heterocycles. The number of nitrogens with zero attached hydrogens (tertiary/aromatic N) is 2. The van der Waals surface area contributed by atoms with Gasteiger partial charge in [0, 0.05) is 28.0 Å². The second-order valence-corrected chi connectivity index (χ2v) is 10.1. The molecule has 0 radical (unpaired) electrons. The monoisotopic (exact) mass is 437 g/mol. The Hall–Kier alpha value is -2.60. The largest absolute Gasteiger partial charge is 0.322 e. The van der Waals surface area contributed by atoms with Crippen LogP contribution in [0.3, 0.4) is 0 Å². The summed E-state index contributed by atoms with van der Waals surface area (Å²) in [5, 5.41) is 4.22. The maximum Gasteiger partial charge on any atom is 0.322 e. The highest BCUT2D eigenvalue weighted by Gasteiger charge is 2.36. The van der Waals surface area contributed by atoms with Crippen molar-refractivity contribution in [3.63, 3.8) is 0 Å². The molecule has 0 spiro atoms. The van der Waals surface area contributed by atoms with Crippen molar-refractivity contribution in [1.82, 2.24) is 9.47 Å². The molecule has 1 unspecified atom stereocenters. The number of hydrogen-bond acceptors (Lipinski definition) is 2. The zero-order valence-corrected chi connectivity index (χ0v) is 19.1. The van der Waals surface area contributed by atoms with E-state index in [-0.39, 0.29) is 23.8 Å². The fourth-order valence-electron chi connectivity index (χ4n) is 4.99. The fourth-order valence-corrected chi connectivity index (χ4v) is 6.39. The van der Waals surface area contributed by atoms with E-state index in [1.165, 1.54) is 39.9 Å². The van der Waals surface area contributed by atoms with Crippen molar-refractivity contribution in [3.05, 3.63) is 69.6 Å². The van der Waals surface area contributed by atoms with Gasteiger partial charge in [-0.25, -0.2) is 9.18 Å². The molecule has 1 aromatic carbocycles. The maximum atomic E-state index is 14.1. The average molecular weight is 438 g/mol. The summed E-state index contributed by atoms with van der Waals surface area (Å²) >= 11 is 1.89. The zero-order chi connectivity index (χ0) is 21.7. The highest BCUT2D eigenvalue weighted by atomic mass is 32.1. The average Bonchev–Trinajstić information content (AvgIpc) is 3.32. The van der Waals surface area contributed by atoms with Crippen molar-refractivity contribution in [3.8, 4) is 5.00 Å². The highest BCUT2D eigenvalue weighted by molar-refractivity contribution is 7.15. The number of anilines is 1. The van der Waals surface area contributed by atoms with Gasteiger partial charge < -0.3 is 14.8 Å². The van der Waals surface area contributed by atoms with Crippen molar-refractivity contribution < 1.29 is 9.18 Å². The first-order chi connectivity index (χ1) is 14.9. The molecule has 0 bridgehead atoms. The second kappa shape index (κ2) is 7.83. The summed E-state index contributed by atoms with van der Waals surface area (Å²) in [6, 6.07) is 8.82. The van der Waals surface area contributed by atoms with Gasteiger partial charge in [-0.15, -0.1) is 11.3 Å². The van der Waals surface area contributed by atoms with E-state index in [1.54, 1.807) is 19.1 Å². The number of amides is 2. The molecule has 4 nitrogen and oxygen atoms in total. The van der Waals surface area contributed by atoms with E-state index in [9.17, 15) is 9.18 Å². The number of aryl methyl sites for hydroxylation is 2. The maximum absolute atomic E-state index is 14.1. The van der Waals surface area contributed by atoms with E-state index in [4.69, 9.17) is 0 Å². The van der Waals surface area contributed by atoms with Crippen molar-refractivity contribution in [2.75, 3.05) is 5.32 Å². The zero-order valence-electron chi connectivity index (χ0n) is 18.2. The van der Waals surface area contributed by atoms with Crippen LogP contribution < -0.4 is 5.32 Å². The van der Waals surface area contributed by atoms with Crippen LogP contribution in [-0.2, 0) is 19.4 Å². The summed E-state index contributed by atoms with van der Waals surface area (Å²) in [6.45, 7) is 6.61. The minimum atomic E-state index is -0.308. The van der Waals surface area contributed by atoms with Gasteiger partial charge >= 0.3 is 6.03 Å². The topological polar surface area (TPSA) is 37.3 Å². The Kier molecular flexibility index (Phi) is 5.13. The lowest BCUT2D eigenvalue weighted by Crippen LogP contribution is -2.39. The molecule has 31 heavy (non-hydrogen) atoms. The van der Waals surface area contributed by atoms with Gasteiger partial charge in [-0.3, -0.25) is 0 Å². The first kappa shape index (κ1) is 20.3. The van der Waals surface area contributed by atoms with Crippen LogP contribution in [0.2, 0.25) is 0 Å². The number of carbonyl (C=O) groups excluding carboxylic acids is 1. The molecule has 2 amide bonds. The minimum absolute atomic E-state index is 0.0656. The molecular formula is C25H28FN3OS. The third kappa shape index (κ3) is 3.47. The Labute approximate surface area is 186 Å². The summed E-state index contributed by atoms with van der Waals surface area (Å²) in [5.74, 6) is -0.0730. The van der Waals surface area contributed by atoms with Crippen molar-refractivity contribution in [2.45, 2.75) is 59.0 Å². The first-order valence-electron chi connectivity index (χ1n) is 11.1. The predicted molar refractivity (Wildman–Crippen MR) is 124 cm³/mol. The third-order valence-electron chi connectivity index (χ3n) is 6.54. The van der Waals surface area contributed by atoms with E-state index in [0.29, 0.717) is 17.8 Å². The smallest absolute Gasteiger partial charge is 0.311 e. The Morgan fingerprint density at radius 1 is 1.19 bits per heavy atom. The summed E-state index contributed by atoms with van der Waals surface area (Å²) in [4.78, 5) is 17.0. The predicted octanol–water partition coefficient (Wildman–Crippen LogP) is 6.61. The molecule has 1 aliphatic carbocycles. The summed E-state index contributed by atoms with van der Waals surface area (Å²) in [7, 11) is 0. The lowest BCUT2D eigenvalue weighted by molar-refractivity contribution is 0.161. The van der Waals surface area contributed by atoms with Crippen LogP contribution in [0.1, 0.15) is 60.0 Å². The molecule has 162 valence electrons. The van der Waals surface area contributed by atoms with Crippen LogP contribution in [0.15, 0.2) is 36.5 Å². The van der Waals surface area contributed by atoms with E-state index < -0.39 is 0 Å². The van der Waals surface area contributed by atoms with Gasteiger partial charge in [0.2, 0.25) is 0 Å². The minimum Gasteiger partial charge on any atom is -0.311 e. The van der Waals surface area contributed by atoms with Crippen LogP contribution in [0.4, 0.5) is 14.9 Å². The number of rotatable bonds is 2. The molecule has 3 aromatic rings. The number of aromatic nitrogens is 1. The number of thiophene rings is 1. The van der Waals surface area contributed by atoms with Crippen LogP contribution in [-0.4, -0.2) is 15.5 Å². The van der Waals surface area contributed by atoms with E-state index in [0.717, 1.165) is 18.5 Å². The molecule has 1 aliphatic heterocycles. The fraction of sp³-hybridized carbons (Fsp3) is 0.400. The lowest BCUT2D eigenvalue weighted by Gasteiger charge is -2.33. The Morgan fingerprint density at radius 2 is 2.00 bits per heavy atom. The molecule has 1 atom stereocenters. The van der Waals surface area contributed by atoms with E-state index in [1.807, 2.05) is 16.2 Å². The number of benzene rings is 1. The van der Waals surface area contributed by atoms with E-state index in [2.05, 4.69) is 42.1 Å². The number of carbonyl (C=O) groups is 1. The Balaban J connectivity index is 1.58. The SMILES string of the molecule is Cc1ccc(NC(=O)N2Cc3c(sc4c3CCCC4)-n3cccc3C2C(C)C)cc1F.